The van der Waals surface area contributed by atoms with Gasteiger partial charge >= 0.3 is 0 Å². The Morgan fingerprint density at radius 2 is 2.19 bits per heavy atom. The Bertz CT molecular complexity index is 368. The molecule has 88 valence electrons. The monoisotopic (exact) mass is 224 g/mol. The molecule has 1 aromatic rings. The van der Waals surface area contributed by atoms with E-state index in [2.05, 4.69) is 4.98 Å². The van der Waals surface area contributed by atoms with E-state index in [0.29, 0.717) is 12.2 Å². The number of pyridine rings is 1. The number of aromatic nitrogens is 1. The summed E-state index contributed by atoms with van der Waals surface area (Å²) in [7, 11) is 0. The zero-order valence-electron chi connectivity index (χ0n) is 9.49. The Balaban J connectivity index is 2.11. The molecule has 2 heterocycles. The van der Waals surface area contributed by atoms with E-state index in [1.165, 1.54) is 6.07 Å². The SMILES string of the molecule is CC1(O)CCCN(c2cccc(F)n2)CC1. The van der Waals surface area contributed by atoms with Gasteiger partial charge in [-0.2, -0.15) is 4.39 Å². The van der Waals surface area contributed by atoms with Gasteiger partial charge in [-0.3, -0.25) is 0 Å². The quantitative estimate of drug-likeness (QED) is 0.741. The van der Waals surface area contributed by atoms with Crippen molar-refractivity contribution in [3.05, 3.63) is 24.1 Å². The number of rotatable bonds is 1. The highest BCUT2D eigenvalue weighted by atomic mass is 19.1. The Hall–Kier alpha value is -1.16. The maximum Gasteiger partial charge on any atom is 0.214 e. The molecule has 1 N–H and O–H groups in total. The van der Waals surface area contributed by atoms with Gasteiger partial charge in [0, 0.05) is 13.1 Å². The van der Waals surface area contributed by atoms with Gasteiger partial charge in [0.1, 0.15) is 5.82 Å². The van der Waals surface area contributed by atoms with E-state index in [0.717, 1.165) is 25.9 Å². The van der Waals surface area contributed by atoms with E-state index in [9.17, 15) is 9.50 Å². The highest BCUT2D eigenvalue weighted by Gasteiger charge is 2.25. The summed E-state index contributed by atoms with van der Waals surface area (Å²) < 4.78 is 13.0. The first-order valence-corrected chi connectivity index (χ1v) is 5.67. The predicted molar refractivity (Wildman–Crippen MR) is 60.9 cm³/mol. The van der Waals surface area contributed by atoms with E-state index in [-0.39, 0.29) is 0 Å². The third-order valence-electron chi connectivity index (χ3n) is 3.09. The summed E-state index contributed by atoms with van der Waals surface area (Å²) in [5.41, 5.74) is -0.595. The van der Waals surface area contributed by atoms with Crippen LogP contribution in [0, 0.1) is 5.95 Å². The Morgan fingerprint density at radius 3 is 2.94 bits per heavy atom. The average Bonchev–Trinajstić information content (AvgIpc) is 2.39. The number of aliphatic hydroxyl groups is 1. The van der Waals surface area contributed by atoms with Gasteiger partial charge in [-0.25, -0.2) is 4.98 Å². The van der Waals surface area contributed by atoms with Crippen LogP contribution in [0.4, 0.5) is 10.2 Å². The minimum absolute atomic E-state index is 0.450. The molecule has 1 aliphatic rings. The van der Waals surface area contributed by atoms with Crippen LogP contribution < -0.4 is 4.90 Å². The van der Waals surface area contributed by atoms with Crippen LogP contribution in [0.25, 0.3) is 0 Å². The first kappa shape index (κ1) is 11.3. The summed E-state index contributed by atoms with van der Waals surface area (Å²) in [5.74, 6) is 0.214. The Kier molecular flexibility index (Phi) is 3.10. The fourth-order valence-corrected chi connectivity index (χ4v) is 2.07. The van der Waals surface area contributed by atoms with Crippen molar-refractivity contribution >= 4 is 5.82 Å². The van der Waals surface area contributed by atoms with Gasteiger partial charge in [0.2, 0.25) is 5.95 Å². The molecule has 3 nitrogen and oxygen atoms in total. The van der Waals surface area contributed by atoms with Crippen molar-refractivity contribution < 1.29 is 9.50 Å². The Morgan fingerprint density at radius 1 is 1.38 bits per heavy atom. The molecule has 0 aromatic carbocycles. The van der Waals surface area contributed by atoms with Crippen LogP contribution in [-0.4, -0.2) is 28.8 Å². The summed E-state index contributed by atoms with van der Waals surface area (Å²) in [6.07, 6.45) is 2.40. The summed E-state index contributed by atoms with van der Waals surface area (Å²) in [4.78, 5) is 5.90. The minimum Gasteiger partial charge on any atom is -0.390 e. The van der Waals surface area contributed by atoms with Crippen LogP contribution in [0.3, 0.4) is 0 Å². The van der Waals surface area contributed by atoms with Crippen LogP contribution >= 0.6 is 0 Å². The molecule has 0 saturated carbocycles. The zero-order valence-corrected chi connectivity index (χ0v) is 9.49. The number of hydrogen-bond donors (Lipinski definition) is 1. The van der Waals surface area contributed by atoms with Gasteiger partial charge in [-0.05, 0) is 38.3 Å². The topological polar surface area (TPSA) is 36.4 Å². The molecule has 0 aliphatic carbocycles. The predicted octanol–water partition coefficient (Wildman–Crippen LogP) is 1.96. The lowest BCUT2D eigenvalue weighted by atomic mass is 9.98. The molecule has 2 rings (SSSR count). The highest BCUT2D eigenvalue weighted by Crippen LogP contribution is 2.24. The molecule has 0 bridgehead atoms. The van der Waals surface area contributed by atoms with Gasteiger partial charge in [0.05, 0.1) is 5.60 Å². The van der Waals surface area contributed by atoms with Gasteiger partial charge in [0.15, 0.2) is 0 Å². The summed E-state index contributed by atoms with van der Waals surface area (Å²) in [6.45, 7) is 3.41. The summed E-state index contributed by atoms with van der Waals surface area (Å²) in [6, 6.07) is 4.82. The second-order valence-electron chi connectivity index (χ2n) is 4.66. The van der Waals surface area contributed by atoms with Crippen LogP contribution in [0.15, 0.2) is 18.2 Å². The van der Waals surface area contributed by atoms with Crippen molar-refractivity contribution in [3.8, 4) is 0 Å². The fraction of sp³-hybridized carbons (Fsp3) is 0.583. The average molecular weight is 224 g/mol. The summed E-state index contributed by atoms with van der Waals surface area (Å²) in [5, 5.41) is 9.95. The lowest BCUT2D eigenvalue weighted by Crippen LogP contribution is -2.28. The van der Waals surface area contributed by atoms with Crippen molar-refractivity contribution in [2.75, 3.05) is 18.0 Å². The molecule has 1 saturated heterocycles. The third kappa shape index (κ3) is 2.70. The van der Waals surface area contributed by atoms with Gasteiger partial charge in [0.25, 0.3) is 0 Å². The van der Waals surface area contributed by atoms with Gasteiger partial charge < -0.3 is 10.0 Å². The first-order valence-electron chi connectivity index (χ1n) is 5.67. The molecule has 1 aromatic heterocycles. The van der Waals surface area contributed by atoms with Crippen molar-refractivity contribution in [1.82, 2.24) is 4.98 Å². The van der Waals surface area contributed by atoms with Crippen LogP contribution in [0.5, 0.6) is 0 Å². The molecule has 4 heteroatoms. The zero-order chi connectivity index (χ0) is 11.6. The molecule has 1 unspecified atom stereocenters. The molecular weight excluding hydrogens is 207 g/mol. The second-order valence-corrected chi connectivity index (χ2v) is 4.66. The van der Waals surface area contributed by atoms with Gasteiger partial charge in [-0.1, -0.05) is 6.07 Å². The van der Waals surface area contributed by atoms with E-state index in [1.807, 2.05) is 17.9 Å². The Labute approximate surface area is 94.9 Å². The standard InChI is InChI=1S/C12H17FN2O/c1-12(16)6-3-8-15(9-7-12)11-5-2-4-10(13)14-11/h2,4-5,16H,3,6-9H2,1H3. The molecule has 1 atom stereocenters. The molecule has 1 aliphatic heterocycles. The minimum atomic E-state index is -0.595. The number of anilines is 1. The largest absolute Gasteiger partial charge is 0.390 e. The number of halogens is 1. The van der Waals surface area contributed by atoms with Crippen LogP contribution in [0.2, 0.25) is 0 Å². The first-order chi connectivity index (χ1) is 7.57. The van der Waals surface area contributed by atoms with E-state index in [1.54, 1.807) is 6.07 Å². The van der Waals surface area contributed by atoms with E-state index < -0.39 is 11.5 Å². The van der Waals surface area contributed by atoms with E-state index >= 15 is 0 Å². The third-order valence-corrected chi connectivity index (χ3v) is 3.09. The highest BCUT2D eigenvalue weighted by molar-refractivity contribution is 5.38. The fourth-order valence-electron chi connectivity index (χ4n) is 2.07. The lowest BCUT2D eigenvalue weighted by Gasteiger charge is -2.23. The smallest absolute Gasteiger partial charge is 0.214 e. The molecule has 0 radical (unpaired) electrons. The van der Waals surface area contributed by atoms with Crippen molar-refractivity contribution in [2.45, 2.75) is 31.8 Å². The van der Waals surface area contributed by atoms with Crippen molar-refractivity contribution in [3.63, 3.8) is 0 Å². The number of hydrogen-bond acceptors (Lipinski definition) is 3. The van der Waals surface area contributed by atoms with Crippen molar-refractivity contribution in [1.29, 1.82) is 0 Å². The number of nitrogens with zero attached hydrogens (tertiary/aromatic N) is 2. The lowest BCUT2D eigenvalue weighted by molar-refractivity contribution is 0.0481. The van der Waals surface area contributed by atoms with Crippen LogP contribution in [0.1, 0.15) is 26.2 Å². The maximum absolute atomic E-state index is 13.0. The second kappa shape index (κ2) is 4.37. The van der Waals surface area contributed by atoms with Crippen molar-refractivity contribution in [2.24, 2.45) is 0 Å². The molecule has 16 heavy (non-hydrogen) atoms. The molecule has 1 fully saturated rings. The molecule has 0 spiro atoms. The van der Waals surface area contributed by atoms with Gasteiger partial charge in [-0.15, -0.1) is 0 Å². The molecular formula is C12H17FN2O. The normalized spacial score (nSPS) is 26.6. The molecule has 0 amide bonds. The van der Waals surface area contributed by atoms with Crippen LogP contribution in [-0.2, 0) is 0 Å². The maximum atomic E-state index is 13.0. The van der Waals surface area contributed by atoms with E-state index in [4.69, 9.17) is 0 Å². The summed E-state index contributed by atoms with van der Waals surface area (Å²) >= 11 is 0.